The van der Waals surface area contributed by atoms with E-state index in [1.54, 1.807) is 7.11 Å². The third-order valence-corrected chi connectivity index (χ3v) is 3.57. The fraction of sp³-hybridized carbons (Fsp3) is 0.294. The Morgan fingerprint density at radius 1 is 1.24 bits per heavy atom. The molecular weight excluding hydrogens is 286 g/mol. The first kappa shape index (κ1) is 15.7. The Balaban J connectivity index is 2.05. The number of rotatable bonds is 6. The predicted molar refractivity (Wildman–Crippen MR) is 87.2 cm³/mol. The molecule has 112 valence electrons. The van der Waals surface area contributed by atoms with Crippen LogP contribution in [0.5, 0.6) is 5.75 Å². The molecule has 0 aliphatic heterocycles. The number of nitrogens with one attached hydrogen (secondary N) is 1. The van der Waals surface area contributed by atoms with Crippen LogP contribution in [-0.4, -0.2) is 19.8 Å². The summed E-state index contributed by atoms with van der Waals surface area (Å²) < 4.78 is 10.9. The molecule has 3 nitrogen and oxygen atoms in total. The van der Waals surface area contributed by atoms with Crippen LogP contribution in [0.1, 0.15) is 18.9 Å². The molecular formula is C17H20ClNO2. The summed E-state index contributed by atoms with van der Waals surface area (Å²) in [5.41, 5.74) is 2.31. The number of hydrogen-bond acceptors (Lipinski definition) is 3. The molecule has 0 spiro atoms. The summed E-state index contributed by atoms with van der Waals surface area (Å²) in [5, 5.41) is 0. The number of hydrogen-bond donors (Lipinski definition) is 1. The van der Waals surface area contributed by atoms with Crippen molar-refractivity contribution in [1.82, 2.24) is 4.84 Å². The molecule has 0 radical (unpaired) electrons. The summed E-state index contributed by atoms with van der Waals surface area (Å²) in [6, 6.07) is 8.15. The number of benzene rings is 1. The van der Waals surface area contributed by atoms with E-state index < -0.39 is 0 Å². The van der Waals surface area contributed by atoms with Gasteiger partial charge in [-0.25, -0.2) is 4.84 Å². The van der Waals surface area contributed by atoms with Gasteiger partial charge in [0.1, 0.15) is 12.4 Å². The summed E-state index contributed by atoms with van der Waals surface area (Å²) in [6.07, 6.45) is 9.11. The van der Waals surface area contributed by atoms with Crippen LogP contribution in [0.2, 0.25) is 0 Å². The Morgan fingerprint density at radius 2 is 2.00 bits per heavy atom. The van der Waals surface area contributed by atoms with Crippen molar-refractivity contribution in [1.29, 1.82) is 0 Å². The molecule has 1 aliphatic rings. The smallest absolute Gasteiger partial charge is 0.119 e. The first-order valence-corrected chi connectivity index (χ1v) is 7.31. The maximum Gasteiger partial charge on any atom is 0.119 e. The minimum atomic E-state index is 0.108. The minimum absolute atomic E-state index is 0.108. The topological polar surface area (TPSA) is 30.5 Å². The lowest BCUT2D eigenvalue weighted by Crippen LogP contribution is -2.24. The highest BCUT2D eigenvalue weighted by Gasteiger charge is 2.04. The molecule has 0 heterocycles. The lowest BCUT2D eigenvalue weighted by Gasteiger charge is -2.11. The highest BCUT2D eigenvalue weighted by molar-refractivity contribution is 6.13. The van der Waals surface area contributed by atoms with Crippen LogP contribution >= 0.6 is 11.8 Å². The van der Waals surface area contributed by atoms with Gasteiger partial charge in [-0.05, 0) is 48.0 Å². The monoisotopic (exact) mass is 305 g/mol. The van der Waals surface area contributed by atoms with Crippen LogP contribution in [0.15, 0.2) is 54.3 Å². The molecule has 1 aromatic carbocycles. The van der Waals surface area contributed by atoms with E-state index in [2.05, 4.69) is 35.2 Å². The average molecular weight is 306 g/mol. The van der Waals surface area contributed by atoms with E-state index in [9.17, 15) is 0 Å². The largest absolute Gasteiger partial charge is 0.501 e. The second-order valence-corrected chi connectivity index (χ2v) is 5.13. The Bertz CT molecular complexity index is 546. The van der Waals surface area contributed by atoms with Crippen molar-refractivity contribution in [2.45, 2.75) is 19.4 Å². The molecule has 0 fully saturated rings. The molecule has 1 unspecified atom stereocenters. The van der Waals surface area contributed by atoms with Gasteiger partial charge < -0.3 is 9.47 Å². The quantitative estimate of drug-likeness (QED) is 0.804. The van der Waals surface area contributed by atoms with Gasteiger partial charge in [0.2, 0.25) is 0 Å². The van der Waals surface area contributed by atoms with Crippen molar-refractivity contribution in [2.24, 2.45) is 0 Å². The van der Waals surface area contributed by atoms with Crippen LogP contribution in [0.3, 0.4) is 0 Å². The maximum absolute atomic E-state index is 5.64. The SMILES string of the molecule is COC1=CC=C(c2ccc(OCC(C)NCl)cc2)C=CC1. The molecule has 0 saturated heterocycles. The van der Waals surface area contributed by atoms with Crippen molar-refractivity contribution < 1.29 is 9.47 Å². The zero-order valence-corrected chi connectivity index (χ0v) is 13.1. The van der Waals surface area contributed by atoms with Crippen LogP contribution in [0.4, 0.5) is 0 Å². The first-order chi connectivity index (χ1) is 10.2. The van der Waals surface area contributed by atoms with Crippen LogP contribution in [-0.2, 0) is 4.74 Å². The van der Waals surface area contributed by atoms with Crippen molar-refractivity contribution in [2.75, 3.05) is 13.7 Å². The standard InChI is InChI=1S/C17H20ClNO2/c1-13(19-18)12-21-17-10-7-15(8-11-17)14-4-3-5-16(20-2)9-6-14/h3-4,6-11,13,19H,5,12H2,1-2H3. The summed E-state index contributed by atoms with van der Waals surface area (Å²) in [4.78, 5) is 2.63. The molecule has 0 bridgehead atoms. The summed E-state index contributed by atoms with van der Waals surface area (Å²) >= 11 is 5.52. The Morgan fingerprint density at radius 3 is 2.67 bits per heavy atom. The van der Waals surface area contributed by atoms with Gasteiger partial charge >= 0.3 is 0 Å². The van der Waals surface area contributed by atoms with E-state index in [1.165, 1.54) is 0 Å². The molecule has 21 heavy (non-hydrogen) atoms. The molecule has 1 aliphatic carbocycles. The number of halogens is 1. The van der Waals surface area contributed by atoms with Gasteiger partial charge in [-0.1, -0.05) is 30.4 Å². The molecule has 1 aromatic rings. The van der Waals surface area contributed by atoms with Gasteiger partial charge in [0.25, 0.3) is 0 Å². The van der Waals surface area contributed by atoms with E-state index in [-0.39, 0.29) is 6.04 Å². The van der Waals surface area contributed by atoms with E-state index in [1.807, 2.05) is 25.1 Å². The van der Waals surface area contributed by atoms with Crippen molar-refractivity contribution >= 4 is 17.3 Å². The number of allylic oxidation sites excluding steroid dienone is 5. The van der Waals surface area contributed by atoms with Gasteiger partial charge in [0, 0.05) is 6.42 Å². The second kappa shape index (κ2) is 7.91. The van der Waals surface area contributed by atoms with E-state index >= 15 is 0 Å². The zero-order chi connectivity index (χ0) is 15.1. The normalized spacial score (nSPS) is 15.8. The minimum Gasteiger partial charge on any atom is -0.501 e. The molecule has 0 saturated carbocycles. The Labute approximate surface area is 131 Å². The van der Waals surface area contributed by atoms with Crippen molar-refractivity contribution in [3.8, 4) is 5.75 Å². The summed E-state index contributed by atoms with van der Waals surface area (Å²) in [6.45, 7) is 2.49. The molecule has 0 amide bonds. The fourth-order valence-corrected chi connectivity index (χ4v) is 2.01. The summed E-state index contributed by atoms with van der Waals surface area (Å²) in [5.74, 6) is 1.80. The van der Waals surface area contributed by atoms with Crippen LogP contribution < -0.4 is 9.57 Å². The van der Waals surface area contributed by atoms with Gasteiger partial charge in [-0.3, -0.25) is 0 Å². The van der Waals surface area contributed by atoms with Gasteiger partial charge in [-0.2, -0.15) is 0 Å². The molecule has 4 heteroatoms. The maximum atomic E-state index is 5.64. The van der Waals surface area contributed by atoms with Crippen LogP contribution in [0, 0.1) is 0 Å². The molecule has 2 rings (SSSR count). The third-order valence-electron chi connectivity index (χ3n) is 3.20. The van der Waals surface area contributed by atoms with Crippen molar-refractivity contribution in [3.05, 3.63) is 59.9 Å². The second-order valence-electron chi connectivity index (χ2n) is 4.91. The number of methoxy groups -OCH3 is 1. The van der Waals surface area contributed by atoms with E-state index in [0.717, 1.165) is 29.1 Å². The van der Waals surface area contributed by atoms with E-state index in [0.29, 0.717) is 6.61 Å². The molecule has 0 aromatic heterocycles. The highest BCUT2D eigenvalue weighted by Crippen LogP contribution is 2.23. The fourth-order valence-electron chi connectivity index (χ4n) is 1.95. The molecule has 1 atom stereocenters. The zero-order valence-electron chi connectivity index (χ0n) is 12.3. The van der Waals surface area contributed by atoms with E-state index in [4.69, 9.17) is 21.3 Å². The third kappa shape index (κ3) is 4.66. The van der Waals surface area contributed by atoms with Gasteiger partial charge in [0.15, 0.2) is 0 Å². The first-order valence-electron chi connectivity index (χ1n) is 6.93. The predicted octanol–water partition coefficient (Wildman–Crippen LogP) is 4.07. The average Bonchev–Trinajstić information content (AvgIpc) is 2.78. The van der Waals surface area contributed by atoms with Crippen molar-refractivity contribution in [3.63, 3.8) is 0 Å². The Kier molecular flexibility index (Phi) is 5.90. The number of ether oxygens (including phenoxy) is 2. The van der Waals surface area contributed by atoms with Crippen LogP contribution in [0.25, 0.3) is 5.57 Å². The van der Waals surface area contributed by atoms with Gasteiger partial charge in [-0.15, -0.1) is 0 Å². The lowest BCUT2D eigenvalue weighted by molar-refractivity contribution is 0.285. The summed E-state index contributed by atoms with van der Waals surface area (Å²) in [7, 11) is 1.70. The Hall–Kier alpha value is -1.71. The highest BCUT2D eigenvalue weighted by atomic mass is 35.5. The lowest BCUT2D eigenvalue weighted by atomic mass is 10.1. The van der Waals surface area contributed by atoms with Gasteiger partial charge in [0.05, 0.1) is 18.9 Å². The molecule has 1 N–H and O–H groups in total.